The molecule has 0 fully saturated rings. The van der Waals surface area contributed by atoms with E-state index in [1.165, 1.54) is 12.7 Å². The Hall–Kier alpha value is -1.39. The van der Waals surface area contributed by atoms with Crippen molar-refractivity contribution in [3.8, 4) is 0 Å². The predicted octanol–water partition coefficient (Wildman–Crippen LogP) is 3.86. The van der Waals surface area contributed by atoms with Gasteiger partial charge in [-0.15, -0.1) is 0 Å². The Kier molecular flexibility index (Phi) is 9.57. The van der Waals surface area contributed by atoms with Crippen LogP contribution in [0.4, 0.5) is 0 Å². The lowest BCUT2D eigenvalue weighted by molar-refractivity contribution is -0.156. The second-order valence-corrected chi connectivity index (χ2v) is 5.86. The Morgan fingerprint density at radius 3 is 2.43 bits per heavy atom. The standard InChI is InChI=1S/C19H31NO3/c1-5-7-14-23-18(19(21)22-4)17(11-6-2)20-15(3)16-12-9-8-10-13-16/h8-10,12-13,15,17-18,20H,5-7,11,14H2,1-4H3/t15-,17-,18-/m0/s1. The number of rotatable bonds is 11. The van der Waals surface area contributed by atoms with Gasteiger partial charge < -0.3 is 14.8 Å². The summed E-state index contributed by atoms with van der Waals surface area (Å²) >= 11 is 0. The molecule has 0 bridgehead atoms. The molecule has 0 aliphatic carbocycles. The van der Waals surface area contributed by atoms with Gasteiger partial charge in [-0.3, -0.25) is 0 Å². The summed E-state index contributed by atoms with van der Waals surface area (Å²) in [5.41, 5.74) is 1.20. The second kappa shape index (κ2) is 11.2. The first-order chi connectivity index (χ1) is 11.1. The van der Waals surface area contributed by atoms with Crippen molar-refractivity contribution in [1.82, 2.24) is 5.32 Å². The molecule has 1 aromatic carbocycles. The van der Waals surface area contributed by atoms with Gasteiger partial charge in [0.05, 0.1) is 7.11 Å². The van der Waals surface area contributed by atoms with Crippen molar-refractivity contribution in [3.63, 3.8) is 0 Å². The van der Waals surface area contributed by atoms with Crippen molar-refractivity contribution in [3.05, 3.63) is 35.9 Å². The predicted molar refractivity (Wildman–Crippen MR) is 93.4 cm³/mol. The Bertz CT molecular complexity index is 436. The Balaban J connectivity index is 2.79. The average Bonchev–Trinajstić information content (AvgIpc) is 2.58. The normalized spacial score (nSPS) is 15.0. The molecule has 0 saturated carbocycles. The molecule has 4 heteroatoms. The number of carbonyl (C=O) groups is 1. The molecular weight excluding hydrogens is 290 g/mol. The highest BCUT2D eigenvalue weighted by Gasteiger charge is 2.30. The Morgan fingerprint density at radius 2 is 1.87 bits per heavy atom. The van der Waals surface area contributed by atoms with E-state index >= 15 is 0 Å². The number of hydrogen-bond acceptors (Lipinski definition) is 4. The zero-order valence-electron chi connectivity index (χ0n) is 14.9. The van der Waals surface area contributed by atoms with Gasteiger partial charge in [-0.1, -0.05) is 57.0 Å². The van der Waals surface area contributed by atoms with E-state index in [0.29, 0.717) is 6.61 Å². The van der Waals surface area contributed by atoms with Crippen LogP contribution in [-0.4, -0.2) is 31.8 Å². The van der Waals surface area contributed by atoms with Gasteiger partial charge in [0.2, 0.25) is 0 Å². The van der Waals surface area contributed by atoms with Gasteiger partial charge in [-0.05, 0) is 25.3 Å². The zero-order valence-corrected chi connectivity index (χ0v) is 14.9. The van der Waals surface area contributed by atoms with Crippen LogP contribution >= 0.6 is 0 Å². The molecule has 1 aromatic rings. The minimum absolute atomic E-state index is 0.0560. The summed E-state index contributed by atoms with van der Waals surface area (Å²) < 4.78 is 10.8. The molecule has 0 aliphatic rings. The van der Waals surface area contributed by atoms with Crippen LogP contribution in [0.1, 0.15) is 58.1 Å². The van der Waals surface area contributed by atoms with Gasteiger partial charge in [0, 0.05) is 18.7 Å². The summed E-state index contributed by atoms with van der Waals surface area (Å²) in [6.07, 6.45) is 3.27. The van der Waals surface area contributed by atoms with Crippen molar-refractivity contribution >= 4 is 5.97 Å². The van der Waals surface area contributed by atoms with E-state index in [1.807, 2.05) is 18.2 Å². The summed E-state index contributed by atoms with van der Waals surface area (Å²) in [6.45, 7) is 6.91. The quantitative estimate of drug-likeness (QED) is 0.496. The fourth-order valence-corrected chi connectivity index (χ4v) is 2.61. The maximum atomic E-state index is 12.2. The van der Waals surface area contributed by atoms with Crippen molar-refractivity contribution in [2.75, 3.05) is 13.7 Å². The maximum absolute atomic E-state index is 12.2. The molecule has 1 N–H and O–H groups in total. The van der Waals surface area contributed by atoms with Crippen LogP contribution in [0.25, 0.3) is 0 Å². The van der Waals surface area contributed by atoms with E-state index in [9.17, 15) is 4.79 Å². The first-order valence-corrected chi connectivity index (χ1v) is 8.64. The third-order valence-corrected chi connectivity index (χ3v) is 3.96. The fourth-order valence-electron chi connectivity index (χ4n) is 2.61. The van der Waals surface area contributed by atoms with Gasteiger partial charge in [0.15, 0.2) is 6.10 Å². The summed E-state index contributed by atoms with van der Waals surface area (Å²) in [4.78, 5) is 12.2. The van der Waals surface area contributed by atoms with Gasteiger partial charge in [0.1, 0.15) is 0 Å². The van der Waals surface area contributed by atoms with Crippen molar-refractivity contribution < 1.29 is 14.3 Å². The summed E-state index contributed by atoms with van der Waals surface area (Å²) in [6, 6.07) is 10.3. The third kappa shape index (κ3) is 6.71. The minimum atomic E-state index is -0.558. The summed E-state index contributed by atoms with van der Waals surface area (Å²) in [5.74, 6) is -0.299. The minimum Gasteiger partial charge on any atom is -0.467 e. The molecule has 3 atom stereocenters. The number of esters is 1. The highest BCUT2D eigenvalue weighted by molar-refractivity contribution is 5.75. The summed E-state index contributed by atoms with van der Waals surface area (Å²) in [7, 11) is 1.42. The first-order valence-electron chi connectivity index (χ1n) is 8.64. The van der Waals surface area contributed by atoms with Crippen molar-refractivity contribution in [1.29, 1.82) is 0 Å². The number of nitrogens with one attached hydrogen (secondary N) is 1. The van der Waals surface area contributed by atoms with E-state index < -0.39 is 6.10 Å². The number of benzene rings is 1. The van der Waals surface area contributed by atoms with Crippen LogP contribution in [0.5, 0.6) is 0 Å². The number of unbranched alkanes of at least 4 members (excludes halogenated alkanes) is 1. The van der Waals surface area contributed by atoms with Crippen LogP contribution in [-0.2, 0) is 14.3 Å². The fraction of sp³-hybridized carbons (Fsp3) is 0.632. The Labute approximate surface area is 140 Å². The lowest BCUT2D eigenvalue weighted by atomic mass is 10.0. The summed E-state index contributed by atoms with van der Waals surface area (Å²) in [5, 5.41) is 3.55. The monoisotopic (exact) mass is 321 g/mol. The second-order valence-electron chi connectivity index (χ2n) is 5.86. The van der Waals surface area contributed by atoms with Crippen LogP contribution in [0, 0.1) is 0 Å². The Morgan fingerprint density at radius 1 is 1.17 bits per heavy atom. The van der Waals surface area contributed by atoms with E-state index in [4.69, 9.17) is 9.47 Å². The molecule has 0 unspecified atom stereocenters. The molecule has 0 radical (unpaired) electrons. The molecule has 130 valence electrons. The van der Waals surface area contributed by atoms with E-state index in [0.717, 1.165) is 25.7 Å². The van der Waals surface area contributed by atoms with E-state index in [2.05, 4.69) is 38.2 Å². The molecule has 0 amide bonds. The molecular formula is C19H31NO3. The lowest BCUT2D eigenvalue weighted by Gasteiger charge is -2.29. The van der Waals surface area contributed by atoms with Gasteiger partial charge >= 0.3 is 5.97 Å². The smallest absolute Gasteiger partial charge is 0.336 e. The van der Waals surface area contributed by atoms with Crippen LogP contribution in [0.3, 0.4) is 0 Å². The molecule has 0 aliphatic heterocycles. The van der Waals surface area contributed by atoms with Crippen LogP contribution in [0.2, 0.25) is 0 Å². The van der Waals surface area contributed by atoms with Gasteiger partial charge in [-0.25, -0.2) is 4.79 Å². The molecule has 1 rings (SSSR count). The lowest BCUT2D eigenvalue weighted by Crippen LogP contribution is -2.47. The van der Waals surface area contributed by atoms with Crippen molar-refractivity contribution in [2.45, 2.75) is 64.6 Å². The molecule has 0 saturated heterocycles. The van der Waals surface area contributed by atoms with Crippen LogP contribution in [0.15, 0.2) is 30.3 Å². The van der Waals surface area contributed by atoms with E-state index in [1.54, 1.807) is 0 Å². The third-order valence-electron chi connectivity index (χ3n) is 3.96. The maximum Gasteiger partial charge on any atom is 0.336 e. The zero-order chi connectivity index (χ0) is 17.1. The highest BCUT2D eigenvalue weighted by Crippen LogP contribution is 2.17. The van der Waals surface area contributed by atoms with Gasteiger partial charge in [0.25, 0.3) is 0 Å². The molecule has 0 aromatic heterocycles. The molecule has 0 heterocycles. The number of methoxy groups -OCH3 is 1. The molecule has 0 spiro atoms. The first kappa shape index (κ1) is 19.7. The van der Waals surface area contributed by atoms with E-state index in [-0.39, 0.29) is 18.1 Å². The largest absolute Gasteiger partial charge is 0.467 e. The van der Waals surface area contributed by atoms with Gasteiger partial charge in [-0.2, -0.15) is 0 Å². The topological polar surface area (TPSA) is 47.6 Å². The van der Waals surface area contributed by atoms with Crippen LogP contribution < -0.4 is 5.32 Å². The molecule has 23 heavy (non-hydrogen) atoms. The molecule has 4 nitrogen and oxygen atoms in total. The highest BCUT2D eigenvalue weighted by atomic mass is 16.6. The number of ether oxygens (including phenoxy) is 2. The SMILES string of the molecule is CCCCO[C@H](C(=O)OC)[C@H](CCC)N[C@@H](C)c1ccccc1. The van der Waals surface area contributed by atoms with Crippen molar-refractivity contribution in [2.24, 2.45) is 0 Å². The average molecular weight is 321 g/mol. The number of carbonyl (C=O) groups excluding carboxylic acids is 1. The number of hydrogen-bond donors (Lipinski definition) is 1.